The number of piperidine rings is 1. The van der Waals surface area contributed by atoms with Crippen LogP contribution in [-0.4, -0.2) is 25.0 Å². The van der Waals surface area contributed by atoms with E-state index in [1.54, 1.807) is 11.0 Å². The van der Waals surface area contributed by atoms with Gasteiger partial charge in [0, 0.05) is 38.0 Å². The van der Waals surface area contributed by atoms with E-state index in [0.717, 1.165) is 5.75 Å². The third-order valence-electron chi connectivity index (χ3n) is 5.21. The molecule has 1 aliphatic rings. The van der Waals surface area contributed by atoms with E-state index < -0.39 is 17.3 Å². The zero-order chi connectivity index (χ0) is 20.2. The van der Waals surface area contributed by atoms with Crippen LogP contribution in [-0.2, 0) is 17.4 Å². The molecule has 0 bridgehead atoms. The largest absolute Gasteiger partial charge is 0.487 e. The van der Waals surface area contributed by atoms with Crippen molar-refractivity contribution in [2.75, 3.05) is 18.0 Å². The molecule has 0 unspecified atom stereocenters. The van der Waals surface area contributed by atoms with Gasteiger partial charge in [-0.2, -0.15) is 13.2 Å². The minimum atomic E-state index is -4.46. The first kappa shape index (κ1) is 20.2. The van der Waals surface area contributed by atoms with Gasteiger partial charge in [0.05, 0.1) is 5.56 Å². The fourth-order valence-corrected chi connectivity index (χ4v) is 3.70. The Kier molecular flexibility index (Phi) is 5.96. The van der Waals surface area contributed by atoms with Gasteiger partial charge in [-0.15, -0.1) is 0 Å². The Morgan fingerprint density at radius 2 is 1.75 bits per heavy atom. The number of aldehydes is 1. The van der Waals surface area contributed by atoms with Crippen molar-refractivity contribution in [2.24, 2.45) is 0 Å². The van der Waals surface area contributed by atoms with Crippen LogP contribution in [0.5, 0.6) is 5.75 Å². The van der Waals surface area contributed by atoms with Crippen LogP contribution in [0.2, 0.25) is 0 Å². The van der Waals surface area contributed by atoms with E-state index in [9.17, 15) is 18.0 Å². The van der Waals surface area contributed by atoms with Crippen LogP contribution in [0.25, 0.3) is 0 Å². The van der Waals surface area contributed by atoms with Crippen LogP contribution in [0, 0.1) is 0 Å². The maximum absolute atomic E-state index is 13.8. The number of rotatable bonds is 6. The van der Waals surface area contributed by atoms with E-state index >= 15 is 0 Å². The van der Waals surface area contributed by atoms with Crippen LogP contribution in [0.4, 0.5) is 18.9 Å². The number of alkyl halides is 3. The number of nitrogens with zero attached hydrogens (tertiary/aromatic N) is 1. The second-order valence-electron chi connectivity index (χ2n) is 7.37. The average Bonchev–Trinajstić information content (AvgIpc) is 2.66. The Balaban J connectivity index is 1.79. The summed E-state index contributed by atoms with van der Waals surface area (Å²) >= 11 is 0. The summed E-state index contributed by atoms with van der Waals surface area (Å²) in [4.78, 5) is 12.4. The first-order valence-corrected chi connectivity index (χ1v) is 9.44. The monoisotopic (exact) mass is 391 g/mol. The first-order chi connectivity index (χ1) is 13.3. The van der Waals surface area contributed by atoms with Gasteiger partial charge in [-0.3, -0.25) is 0 Å². The van der Waals surface area contributed by atoms with Crippen molar-refractivity contribution >= 4 is 12.0 Å². The van der Waals surface area contributed by atoms with Gasteiger partial charge in [0.15, 0.2) is 0 Å². The highest BCUT2D eigenvalue weighted by Crippen LogP contribution is 2.41. The molecule has 6 heteroatoms. The van der Waals surface area contributed by atoms with Crippen molar-refractivity contribution in [1.29, 1.82) is 0 Å². The molecule has 28 heavy (non-hydrogen) atoms. The number of anilines is 1. The van der Waals surface area contributed by atoms with Crippen molar-refractivity contribution in [2.45, 2.75) is 44.4 Å². The lowest BCUT2D eigenvalue weighted by Gasteiger charge is -2.41. The van der Waals surface area contributed by atoms with Gasteiger partial charge < -0.3 is 14.4 Å². The summed E-state index contributed by atoms with van der Waals surface area (Å²) in [6, 6.07) is 14.1. The zero-order valence-electron chi connectivity index (χ0n) is 15.8. The van der Waals surface area contributed by atoms with Crippen LogP contribution in [0.1, 0.15) is 37.3 Å². The summed E-state index contributed by atoms with van der Waals surface area (Å²) in [5.74, 6) is 0.769. The van der Waals surface area contributed by atoms with Crippen molar-refractivity contribution in [3.05, 3.63) is 59.7 Å². The number of para-hydroxylation sites is 1. The Morgan fingerprint density at radius 3 is 2.36 bits per heavy atom. The molecule has 0 amide bonds. The number of ether oxygens (including phenoxy) is 1. The smallest absolute Gasteiger partial charge is 0.418 e. The Labute approximate surface area is 163 Å². The lowest BCUT2D eigenvalue weighted by Crippen LogP contribution is -2.46. The Bertz CT molecular complexity index is 797. The highest BCUT2D eigenvalue weighted by Gasteiger charge is 2.39. The molecule has 0 aliphatic carbocycles. The highest BCUT2D eigenvalue weighted by atomic mass is 19.4. The highest BCUT2D eigenvalue weighted by molar-refractivity contribution is 5.60. The number of hydrogen-bond acceptors (Lipinski definition) is 3. The summed E-state index contributed by atoms with van der Waals surface area (Å²) in [5, 5.41) is 0. The molecule has 1 saturated heterocycles. The van der Waals surface area contributed by atoms with Gasteiger partial charge in [0.1, 0.15) is 17.6 Å². The number of halogens is 3. The summed E-state index contributed by atoms with van der Waals surface area (Å²) < 4.78 is 47.5. The molecular weight excluding hydrogens is 367 g/mol. The quantitative estimate of drug-likeness (QED) is 0.628. The number of carbonyl (C=O) groups excluding carboxylic acids is 1. The van der Waals surface area contributed by atoms with Crippen molar-refractivity contribution in [1.82, 2.24) is 0 Å². The SMILES string of the molecule is CC1(Oc2ccccc2)CCN(c2cccc(CCC=O)c2C(F)(F)F)CC1. The van der Waals surface area contributed by atoms with Gasteiger partial charge in [0.2, 0.25) is 0 Å². The molecule has 0 N–H and O–H groups in total. The van der Waals surface area contributed by atoms with Crippen LogP contribution < -0.4 is 9.64 Å². The van der Waals surface area contributed by atoms with Gasteiger partial charge in [-0.1, -0.05) is 30.3 Å². The van der Waals surface area contributed by atoms with Crippen molar-refractivity contribution < 1.29 is 22.7 Å². The van der Waals surface area contributed by atoms with Gasteiger partial charge in [0.25, 0.3) is 0 Å². The average molecular weight is 391 g/mol. The molecule has 0 spiro atoms. The summed E-state index contributed by atoms with van der Waals surface area (Å²) in [7, 11) is 0. The molecule has 2 aromatic carbocycles. The lowest BCUT2D eigenvalue weighted by molar-refractivity contribution is -0.137. The van der Waals surface area contributed by atoms with E-state index in [4.69, 9.17) is 4.74 Å². The molecule has 2 aromatic rings. The summed E-state index contributed by atoms with van der Waals surface area (Å²) in [6.07, 6.45) is -2.39. The fraction of sp³-hybridized carbons (Fsp3) is 0.409. The maximum atomic E-state index is 13.8. The van der Waals surface area contributed by atoms with Crippen molar-refractivity contribution in [3.8, 4) is 5.75 Å². The second-order valence-corrected chi connectivity index (χ2v) is 7.37. The lowest BCUT2D eigenvalue weighted by atomic mass is 9.91. The van der Waals surface area contributed by atoms with E-state index in [0.29, 0.717) is 32.2 Å². The molecule has 1 heterocycles. The predicted molar refractivity (Wildman–Crippen MR) is 103 cm³/mol. The van der Waals surface area contributed by atoms with Gasteiger partial charge >= 0.3 is 6.18 Å². The minimum absolute atomic E-state index is 0.0789. The second kappa shape index (κ2) is 8.25. The van der Waals surface area contributed by atoms with E-state index in [1.807, 2.05) is 37.3 Å². The van der Waals surface area contributed by atoms with Gasteiger partial charge in [-0.05, 0) is 37.1 Å². The molecule has 3 nitrogen and oxygen atoms in total. The predicted octanol–water partition coefficient (Wildman–Crippen LogP) is 5.27. The summed E-state index contributed by atoms with van der Waals surface area (Å²) in [5.41, 5.74) is -0.668. The number of aryl methyl sites for hydroxylation is 1. The van der Waals surface area contributed by atoms with Crippen molar-refractivity contribution in [3.63, 3.8) is 0 Å². The molecule has 0 radical (unpaired) electrons. The molecule has 0 aromatic heterocycles. The van der Waals surface area contributed by atoms with E-state index in [1.165, 1.54) is 12.1 Å². The van der Waals surface area contributed by atoms with Gasteiger partial charge in [-0.25, -0.2) is 0 Å². The first-order valence-electron chi connectivity index (χ1n) is 9.44. The van der Waals surface area contributed by atoms with E-state index in [-0.39, 0.29) is 24.1 Å². The fourth-order valence-electron chi connectivity index (χ4n) is 3.70. The number of hydrogen-bond donors (Lipinski definition) is 0. The van der Waals surface area contributed by atoms with E-state index in [2.05, 4.69) is 0 Å². The maximum Gasteiger partial charge on any atom is 0.418 e. The topological polar surface area (TPSA) is 29.5 Å². The molecule has 1 aliphatic heterocycles. The van der Waals surface area contributed by atoms with Crippen LogP contribution in [0.15, 0.2) is 48.5 Å². The zero-order valence-corrected chi connectivity index (χ0v) is 15.8. The number of carbonyl (C=O) groups is 1. The molecular formula is C22H24F3NO2. The Hall–Kier alpha value is -2.50. The molecule has 3 rings (SSSR count). The minimum Gasteiger partial charge on any atom is -0.487 e. The third-order valence-corrected chi connectivity index (χ3v) is 5.21. The molecule has 1 fully saturated rings. The van der Waals surface area contributed by atoms with Crippen LogP contribution >= 0.6 is 0 Å². The molecule has 0 saturated carbocycles. The number of benzene rings is 2. The Morgan fingerprint density at radius 1 is 1.07 bits per heavy atom. The molecule has 150 valence electrons. The standard InChI is InChI=1S/C22H24F3NO2/c1-21(28-18-9-3-2-4-10-18)12-14-26(15-13-21)19-11-5-7-17(8-6-16-27)20(19)22(23,24)25/h2-5,7,9-11,16H,6,8,12-15H2,1H3. The summed E-state index contributed by atoms with van der Waals surface area (Å²) in [6.45, 7) is 2.95. The normalized spacial score (nSPS) is 16.6. The van der Waals surface area contributed by atoms with Crippen LogP contribution in [0.3, 0.4) is 0 Å². The molecule has 0 atom stereocenters. The third kappa shape index (κ3) is 4.66.